The molecule has 2 amide bonds. The average Bonchev–Trinajstić information content (AvgIpc) is 1.58. The first-order chi connectivity index (χ1) is 63.4. The molecular weight excluding hydrogens is 1640 g/mol. The van der Waals surface area contributed by atoms with Gasteiger partial charge >= 0.3 is 5.97 Å². The second-order valence-corrected chi connectivity index (χ2v) is 54.5. The predicted molar refractivity (Wildman–Crippen MR) is 535 cm³/mol. The number of hydrogen-bond acceptors (Lipinski definition) is 12. The van der Waals surface area contributed by atoms with Crippen LogP contribution < -0.4 is 31.9 Å². The lowest BCUT2D eigenvalue weighted by Gasteiger charge is -2.54. The fourth-order valence-electron chi connectivity index (χ4n) is 40.3. The summed E-state index contributed by atoms with van der Waals surface area (Å²) in [6.07, 6.45) is 53.0. The summed E-state index contributed by atoms with van der Waals surface area (Å²) in [5, 5.41) is 22.0. The Hall–Kier alpha value is -3.21. The Morgan fingerprint density at radius 2 is 0.632 bits per heavy atom. The van der Waals surface area contributed by atoms with Gasteiger partial charge in [0.2, 0.25) is 11.8 Å². The van der Waals surface area contributed by atoms with Crippen LogP contribution in [0.2, 0.25) is 0 Å². The number of allylic oxidation sites excluding steroid dienone is 5. The van der Waals surface area contributed by atoms with E-state index in [0.717, 1.165) is 170 Å². The van der Waals surface area contributed by atoms with Gasteiger partial charge in [-0.15, -0.1) is 0 Å². The van der Waals surface area contributed by atoms with Crippen molar-refractivity contribution in [3.05, 3.63) is 56.7 Å². The maximum Gasteiger partial charge on any atom is 0.302 e. The molecule has 4 spiro atoms. The van der Waals surface area contributed by atoms with Crippen LogP contribution in [0.3, 0.4) is 0 Å². The smallest absolute Gasteiger partial charge is 0.302 e. The molecule has 0 aromatic rings. The first-order valence-electron chi connectivity index (χ1n) is 57.2. The van der Waals surface area contributed by atoms with E-state index < -0.39 is 0 Å². The standard InChI is InChI=1S/2C30H48N2O2.C30H47NO3.C29H45NO/c2*1-17-12-27-28(31-16-17)19(3)30(34-27)11-9-23-24-7-6-21-13-22(32-20(4)33)8-10-29(21,5)26(24)14-25(23)18(2)15-30;1-17-12-27-28(31-16-17)19(3)30(34-27)11-9-23-24-7-6-21-13-22(33-20(4)32)8-10-29(21,5)26(24)14-25(23)18(2)15-30;1-17-8-10-28(5)21(12-17)6-7-23-22-9-11-29(15-19(3)24(22)14-25(23)28)20(4)27-26(31-29)13-18(2)16-30-27/h2*17,19,21-24,26-28,31H,6-16H2,1-5H3,(H,32,33);17,19,21-24,26-28,31H,6-16H2,1-5H3;18,20-23,25-27,30H,1,6-16H2,2-5H3/t17-,19+,21+,22+,23-,24-,26-,27+,28-,29-,30-;17-,19+,21+,22-,23-,24-,26-,27+,28-,29-,30-;17-,19+,21+,22+,23-,24-,26-,27+,28-,29-,30-;18-,20+,21+,22-,23-,25-,26+,27-,28-,29-/m0000/s1. The molecule has 0 radical (unpaired) electrons. The zero-order valence-corrected chi connectivity index (χ0v) is 87.3. The van der Waals surface area contributed by atoms with E-state index in [4.69, 9.17) is 23.7 Å². The van der Waals surface area contributed by atoms with Gasteiger partial charge in [-0.3, -0.25) is 14.4 Å². The van der Waals surface area contributed by atoms with Crippen molar-refractivity contribution in [1.82, 2.24) is 31.9 Å². The van der Waals surface area contributed by atoms with Crippen molar-refractivity contribution >= 4 is 17.8 Å². The van der Waals surface area contributed by atoms with Gasteiger partial charge in [-0.05, 0) is 451 Å². The molecule has 0 unspecified atom stereocenters. The van der Waals surface area contributed by atoms with Gasteiger partial charge in [0.1, 0.15) is 6.10 Å². The van der Waals surface area contributed by atoms with E-state index in [1.807, 2.05) is 22.3 Å². The highest BCUT2D eigenvalue weighted by Gasteiger charge is 2.67. The predicted octanol–water partition coefficient (Wildman–Crippen LogP) is 23.9. The highest BCUT2D eigenvalue weighted by atomic mass is 16.5. The lowest BCUT2D eigenvalue weighted by molar-refractivity contribution is -0.154. The molecule has 14 nitrogen and oxygen atoms in total. The highest BCUT2D eigenvalue weighted by Crippen LogP contribution is 2.72. The van der Waals surface area contributed by atoms with Gasteiger partial charge in [0.15, 0.2) is 0 Å². The van der Waals surface area contributed by atoms with Crippen molar-refractivity contribution in [3.63, 3.8) is 0 Å². The molecule has 24 aliphatic rings. The van der Waals surface area contributed by atoms with Crippen LogP contribution >= 0.6 is 0 Å². The first-order valence-corrected chi connectivity index (χ1v) is 57.2. The Balaban J connectivity index is 0.000000107. The average molecular weight is 1830 g/mol. The Bertz CT molecular complexity index is 4170. The number of carbonyl (C=O) groups excluding carboxylic acids is 3. The lowest BCUT2D eigenvalue weighted by atomic mass is 9.52. The number of piperidine rings is 4. The molecule has 133 heavy (non-hydrogen) atoms. The quantitative estimate of drug-likeness (QED) is 0.117. The SMILES string of the molecule is C=C1CC[C@@]2(C)[C@H](CC[C@H]3[C@@H]4CC[C@@]5(CC(C)=C4C[C@@H]32)O[C@@H]2C[C@H](C)CN[C@H]2[C@H]5C)C1.CC(=O)N[C@@H]1CC[C@@]2(C)[C@H](CC[C@H]3[C@@H]4CC[C@@]5(CC(C)=C4C[C@@H]32)O[C@@H]2C[C@H](C)CN[C@H]2[C@H]5C)C1.CC(=O)N[C@H]1CC[C@@]2(C)[C@H](CC[C@H]3[C@@H]4CC[C@@]5(CC(C)=C4C[C@@H]32)O[C@@H]2C[C@H](C)CN[C@H]2[C@H]5C)C1.CC(=O)O[C@@H]1CC[C@@]2(C)[C@H](CC[C@H]3[C@@H]4CC[C@@]5(CC(C)=C4C[C@@H]32)O[C@@H]2C[C@H](C)CN[C@H]2[C@H]5C)C1. The van der Waals surface area contributed by atoms with Crippen molar-refractivity contribution in [3.8, 4) is 0 Å². The second-order valence-electron chi connectivity index (χ2n) is 54.5. The monoisotopic (exact) mass is 1830 g/mol. The van der Waals surface area contributed by atoms with Gasteiger partial charge in [-0.25, -0.2) is 0 Å². The normalized spacial score (nSPS) is 52.9. The van der Waals surface area contributed by atoms with E-state index in [1.165, 1.54) is 237 Å². The first kappa shape index (κ1) is 95.9. The minimum atomic E-state index is -0.104. The van der Waals surface area contributed by atoms with Gasteiger partial charge < -0.3 is 55.6 Å². The van der Waals surface area contributed by atoms with Crippen LogP contribution in [-0.4, -0.2) is 133 Å². The summed E-state index contributed by atoms with van der Waals surface area (Å²) in [5.41, 5.74) is 17.8. The Labute approximate surface area is 807 Å². The maximum atomic E-state index is 11.7. The van der Waals surface area contributed by atoms with E-state index >= 15 is 0 Å². The van der Waals surface area contributed by atoms with Crippen LogP contribution in [0.5, 0.6) is 0 Å². The largest absolute Gasteiger partial charge is 0.463 e. The van der Waals surface area contributed by atoms with Crippen molar-refractivity contribution in [2.75, 3.05) is 26.2 Å². The number of fused-ring (bicyclic) bond motifs is 24. The second kappa shape index (κ2) is 36.3. The molecule has 8 aliphatic heterocycles. The van der Waals surface area contributed by atoms with E-state index in [1.54, 1.807) is 43.1 Å². The number of amides is 2. The third-order valence-corrected chi connectivity index (χ3v) is 47.6. The number of nitrogens with one attached hydrogen (secondary N) is 6. The van der Waals surface area contributed by atoms with E-state index in [0.29, 0.717) is 106 Å². The molecule has 43 atom stereocenters. The van der Waals surface area contributed by atoms with Crippen LogP contribution in [0.25, 0.3) is 0 Å². The molecule has 0 aromatic heterocycles. The van der Waals surface area contributed by atoms with Crippen LogP contribution in [0.15, 0.2) is 56.7 Å². The summed E-state index contributed by atoms with van der Waals surface area (Å²) >= 11 is 0. The molecule has 20 fully saturated rings. The van der Waals surface area contributed by atoms with Crippen LogP contribution in [0.4, 0.5) is 0 Å². The minimum Gasteiger partial charge on any atom is -0.463 e. The van der Waals surface area contributed by atoms with Crippen molar-refractivity contribution in [1.29, 1.82) is 0 Å². The highest BCUT2D eigenvalue weighted by molar-refractivity contribution is 5.73. The third-order valence-electron chi connectivity index (χ3n) is 47.6. The zero-order valence-electron chi connectivity index (χ0n) is 87.3. The summed E-state index contributed by atoms with van der Waals surface area (Å²) < 4.78 is 33.8. The van der Waals surface area contributed by atoms with Gasteiger partial charge in [-0.1, -0.05) is 140 Å². The van der Waals surface area contributed by atoms with Gasteiger partial charge in [-0.2, -0.15) is 0 Å². The number of rotatable bonds is 3. The van der Waals surface area contributed by atoms with Gasteiger partial charge in [0, 0.05) is 80.7 Å². The molecule has 742 valence electrons. The number of esters is 1. The van der Waals surface area contributed by atoms with Gasteiger partial charge in [0.25, 0.3) is 0 Å². The molecule has 8 heterocycles. The van der Waals surface area contributed by atoms with Crippen molar-refractivity contribution in [2.24, 2.45) is 164 Å². The third kappa shape index (κ3) is 16.6. The molecule has 0 bridgehead atoms. The lowest BCUT2D eigenvalue weighted by Crippen LogP contribution is -2.50. The summed E-state index contributed by atoms with van der Waals surface area (Å²) in [4.78, 5) is 34.9. The molecule has 14 heteroatoms. The van der Waals surface area contributed by atoms with E-state index in [-0.39, 0.29) is 46.3 Å². The van der Waals surface area contributed by atoms with Crippen LogP contribution in [-0.2, 0) is 38.1 Å². The van der Waals surface area contributed by atoms with Crippen LogP contribution in [0.1, 0.15) is 388 Å². The van der Waals surface area contributed by atoms with Crippen LogP contribution in [0, 0.1) is 164 Å². The molecule has 16 aliphatic carbocycles. The zero-order chi connectivity index (χ0) is 93.0. The molecule has 12 saturated carbocycles. The Morgan fingerprint density at radius 3 is 0.932 bits per heavy atom. The summed E-state index contributed by atoms with van der Waals surface area (Å²) in [6.45, 7) is 53.7. The fourth-order valence-corrected chi connectivity index (χ4v) is 40.3. The topological polar surface area (TPSA) is 170 Å². The number of carbonyl (C=O) groups is 3. The Kier molecular flexibility index (Phi) is 26.2. The number of hydrogen-bond donors (Lipinski definition) is 6. The maximum absolute atomic E-state index is 11.7. The fraction of sp³-hybridized carbons (Fsp3) is 0.891. The van der Waals surface area contributed by atoms with Gasteiger partial charge in [0.05, 0.1) is 46.8 Å². The van der Waals surface area contributed by atoms with E-state index in [2.05, 4.69) is 149 Å². The molecule has 8 saturated heterocycles. The molecule has 0 aromatic carbocycles. The van der Waals surface area contributed by atoms with Crippen molar-refractivity contribution < 1.29 is 38.1 Å². The number of ether oxygens (including phenoxy) is 5. The van der Waals surface area contributed by atoms with Crippen molar-refractivity contribution in [2.45, 2.75) is 478 Å². The summed E-state index contributed by atoms with van der Waals surface area (Å²) in [6, 6.07) is 3.02. The minimum absolute atomic E-state index is 0.0481. The molecule has 24 rings (SSSR count). The molecular formula is C119H188N6O8. The molecule has 6 N–H and O–H groups in total. The van der Waals surface area contributed by atoms with E-state index in [9.17, 15) is 14.4 Å². The summed E-state index contributed by atoms with van der Waals surface area (Å²) in [5.74, 6) is 18.9. The Morgan fingerprint density at radius 1 is 0.346 bits per heavy atom. The summed E-state index contributed by atoms with van der Waals surface area (Å²) in [7, 11) is 0.